The molecule has 5 nitrogen and oxygen atoms in total. The van der Waals surface area contributed by atoms with Crippen molar-refractivity contribution in [3.05, 3.63) is 34.9 Å². The van der Waals surface area contributed by atoms with Crippen LogP contribution in [0.3, 0.4) is 0 Å². The number of alkyl halides is 6. The minimum atomic E-state index is -5.19. The van der Waals surface area contributed by atoms with Gasteiger partial charge in [-0.1, -0.05) is 0 Å². The summed E-state index contributed by atoms with van der Waals surface area (Å²) in [6.45, 7) is 0.122. The van der Waals surface area contributed by atoms with Gasteiger partial charge in [0.25, 0.3) is 5.91 Å². The number of halogens is 6. The zero-order valence-electron chi connectivity index (χ0n) is 14.9. The van der Waals surface area contributed by atoms with E-state index in [9.17, 15) is 41.0 Å². The highest BCUT2D eigenvalue weighted by Gasteiger charge is 2.52. The number of carbonyl (C=O) groups is 2. The Balaban J connectivity index is 1.97. The van der Waals surface area contributed by atoms with Crippen LogP contribution in [0.1, 0.15) is 34.3 Å². The first-order chi connectivity index (χ1) is 13.3. The molecule has 160 valence electrons. The van der Waals surface area contributed by atoms with Gasteiger partial charge in [0.15, 0.2) is 0 Å². The number of carbonyl (C=O) groups excluding carboxylic acids is 1. The van der Waals surface area contributed by atoms with Gasteiger partial charge in [0.1, 0.15) is 0 Å². The van der Waals surface area contributed by atoms with E-state index in [2.05, 4.69) is 0 Å². The largest absolute Gasteiger partial charge is 0.481 e. The summed E-state index contributed by atoms with van der Waals surface area (Å²) >= 11 is 0. The summed E-state index contributed by atoms with van der Waals surface area (Å²) in [5.74, 6) is -3.30. The van der Waals surface area contributed by atoms with E-state index in [0.29, 0.717) is 25.0 Å². The van der Waals surface area contributed by atoms with Crippen LogP contribution in [-0.2, 0) is 21.9 Å². The first kappa shape index (κ1) is 21.4. The lowest BCUT2D eigenvalue weighted by Gasteiger charge is -2.36. The minimum absolute atomic E-state index is 0.0928. The fourth-order valence-corrected chi connectivity index (χ4v) is 4.06. The first-order valence-corrected chi connectivity index (χ1v) is 8.73. The highest BCUT2D eigenvalue weighted by atomic mass is 19.4. The van der Waals surface area contributed by atoms with Gasteiger partial charge in [0.2, 0.25) is 0 Å². The highest BCUT2D eigenvalue weighted by Crippen LogP contribution is 2.45. The Morgan fingerprint density at radius 1 is 1.07 bits per heavy atom. The van der Waals surface area contributed by atoms with Crippen molar-refractivity contribution in [1.29, 1.82) is 0 Å². The van der Waals surface area contributed by atoms with Gasteiger partial charge in [0.05, 0.1) is 22.6 Å². The van der Waals surface area contributed by atoms with Crippen LogP contribution in [-0.4, -0.2) is 48.2 Å². The maximum atomic E-state index is 13.4. The summed E-state index contributed by atoms with van der Waals surface area (Å²) in [7, 11) is 0. The van der Waals surface area contributed by atoms with E-state index in [1.54, 1.807) is 0 Å². The van der Waals surface area contributed by atoms with Crippen LogP contribution in [0.5, 0.6) is 0 Å². The molecule has 0 radical (unpaired) electrons. The Hall–Kier alpha value is -2.30. The normalized spacial score (nSPS) is 22.1. The van der Waals surface area contributed by atoms with Crippen LogP contribution in [0.25, 0.3) is 0 Å². The van der Waals surface area contributed by atoms with Crippen molar-refractivity contribution in [2.24, 2.45) is 11.3 Å². The molecular formula is C18H17F6NO4. The standard InChI is InChI=1S/C18H17F6NO4/c19-17(20,21)10-1-2-11(12(7-10)18(22,23)24)14(26)25-8-13(15(27)28)16(9-25)3-5-29-6-4-16/h1-2,7,13H,3-6,8-9H2,(H,27,28). The number of nitrogens with zero attached hydrogens (tertiary/aromatic N) is 1. The summed E-state index contributed by atoms with van der Waals surface area (Å²) < 4.78 is 83.8. The zero-order valence-corrected chi connectivity index (χ0v) is 14.9. The number of carboxylic acids is 1. The van der Waals surface area contributed by atoms with Gasteiger partial charge in [-0.2, -0.15) is 26.3 Å². The fraction of sp³-hybridized carbons (Fsp3) is 0.556. The monoisotopic (exact) mass is 425 g/mol. The van der Waals surface area contributed by atoms with Crippen molar-refractivity contribution in [3.63, 3.8) is 0 Å². The number of rotatable bonds is 2. The molecule has 29 heavy (non-hydrogen) atoms. The van der Waals surface area contributed by atoms with Crippen molar-refractivity contribution in [3.8, 4) is 0 Å². The summed E-state index contributed by atoms with van der Waals surface area (Å²) in [5.41, 5.74) is -4.98. The second-order valence-corrected chi connectivity index (χ2v) is 7.31. The van der Waals surface area contributed by atoms with Crippen LogP contribution in [0, 0.1) is 11.3 Å². The molecule has 1 aromatic rings. The molecule has 3 rings (SSSR count). The summed E-state index contributed by atoms with van der Waals surface area (Å²) in [5, 5.41) is 9.53. The number of amides is 1. The molecule has 2 aliphatic heterocycles. The summed E-state index contributed by atoms with van der Waals surface area (Å²) in [4.78, 5) is 25.5. The van der Waals surface area contributed by atoms with Crippen molar-refractivity contribution in [2.75, 3.05) is 26.3 Å². The van der Waals surface area contributed by atoms with Gasteiger partial charge in [0, 0.05) is 31.7 Å². The van der Waals surface area contributed by atoms with Gasteiger partial charge >= 0.3 is 18.3 Å². The number of likely N-dealkylation sites (tertiary alicyclic amines) is 1. The molecule has 1 unspecified atom stereocenters. The lowest BCUT2D eigenvalue weighted by Crippen LogP contribution is -2.40. The van der Waals surface area contributed by atoms with E-state index in [1.807, 2.05) is 0 Å². The van der Waals surface area contributed by atoms with Crippen molar-refractivity contribution in [1.82, 2.24) is 4.90 Å². The van der Waals surface area contributed by atoms with Crippen LogP contribution >= 0.6 is 0 Å². The quantitative estimate of drug-likeness (QED) is 0.735. The van der Waals surface area contributed by atoms with E-state index in [-0.39, 0.29) is 32.4 Å². The minimum Gasteiger partial charge on any atom is -0.481 e. The Morgan fingerprint density at radius 2 is 1.69 bits per heavy atom. The van der Waals surface area contributed by atoms with Gasteiger partial charge in [-0.3, -0.25) is 9.59 Å². The molecule has 0 bridgehead atoms. The summed E-state index contributed by atoms with van der Waals surface area (Å²) in [6.07, 6.45) is -9.54. The zero-order chi connectivity index (χ0) is 21.6. The molecule has 2 saturated heterocycles. The van der Waals surface area contributed by atoms with Crippen LogP contribution in [0.15, 0.2) is 18.2 Å². The topological polar surface area (TPSA) is 66.8 Å². The number of benzene rings is 1. The second-order valence-electron chi connectivity index (χ2n) is 7.31. The number of aliphatic carboxylic acids is 1. The molecule has 1 aromatic carbocycles. The average Bonchev–Trinajstić information content (AvgIpc) is 2.98. The molecule has 1 atom stereocenters. The molecule has 1 amide bonds. The molecule has 1 spiro atoms. The van der Waals surface area contributed by atoms with Crippen LogP contribution in [0.2, 0.25) is 0 Å². The molecule has 0 aromatic heterocycles. The van der Waals surface area contributed by atoms with Gasteiger partial charge in [-0.05, 0) is 31.0 Å². The third-order valence-corrected chi connectivity index (χ3v) is 5.60. The van der Waals surface area contributed by atoms with E-state index < -0.39 is 52.3 Å². The number of ether oxygens (including phenoxy) is 1. The predicted octanol–water partition coefficient (Wildman–Crippen LogP) is 3.68. The summed E-state index contributed by atoms with van der Waals surface area (Å²) in [6, 6.07) is 0.818. The Bertz CT molecular complexity index is 814. The third kappa shape index (κ3) is 4.05. The number of carboxylic acid groups (broad SMARTS) is 1. The molecule has 0 aliphatic carbocycles. The molecule has 1 N–H and O–H groups in total. The Kier molecular flexibility index (Phi) is 5.31. The molecule has 2 aliphatic rings. The molecular weight excluding hydrogens is 408 g/mol. The highest BCUT2D eigenvalue weighted by molar-refractivity contribution is 5.96. The van der Waals surface area contributed by atoms with Crippen molar-refractivity contribution in [2.45, 2.75) is 25.2 Å². The lowest BCUT2D eigenvalue weighted by molar-refractivity contribution is -0.147. The second kappa shape index (κ2) is 7.19. The molecule has 0 saturated carbocycles. The third-order valence-electron chi connectivity index (χ3n) is 5.60. The predicted molar refractivity (Wildman–Crippen MR) is 86.0 cm³/mol. The molecule has 2 fully saturated rings. The van der Waals surface area contributed by atoms with Crippen LogP contribution < -0.4 is 0 Å². The maximum absolute atomic E-state index is 13.4. The smallest absolute Gasteiger partial charge is 0.417 e. The maximum Gasteiger partial charge on any atom is 0.417 e. The lowest BCUT2D eigenvalue weighted by atomic mass is 9.72. The number of hydrogen-bond donors (Lipinski definition) is 1. The Morgan fingerprint density at radius 3 is 2.21 bits per heavy atom. The van der Waals surface area contributed by atoms with E-state index in [4.69, 9.17) is 4.74 Å². The molecule has 11 heteroatoms. The van der Waals surface area contributed by atoms with Crippen molar-refractivity contribution < 1.29 is 45.8 Å². The van der Waals surface area contributed by atoms with Gasteiger partial charge in [-0.15, -0.1) is 0 Å². The van der Waals surface area contributed by atoms with E-state index in [0.717, 1.165) is 4.90 Å². The molecule has 2 heterocycles. The number of hydrogen-bond acceptors (Lipinski definition) is 3. The van der Waals surface area contributed by atoms with Crippen LogP contribution in [0.4, 0.5) is 26.3 Å². The van der Waals surface area contributed by atoms with E-state index in [1.165, 1.54) is 0 Å². The van der Waals surface area contributed by atoms with Gasteiger partial charge < -0.3 is 14.7 Å². The fourth-order valence-electron chi connectivity index (χ4n) is 4.06. The first-order valence-electron chi connectivity index (χ1n) is 8.73. The average molecular weight is 425 g/mol. The Labute approximate surface area is 161 Å². The van der Waals surface area contributed by atoms with Crippen molar-refractivity contribution >= 4 is 11.9 Å². The van der Waals surface area contributed by atoms with Gasteiger partial charge in [-0.25, -0.2) is 0 Å². The SMILES string of the molecule is O=C(O)C1CN(C(=O)c2ccc(C(F)(F)F)cc2C(F)(F)F)CC12CCOCC2. The van der Waals surface area contributed by atoms with E-state index >= 15 is 0 Å².